The summed E-state index contributed by atoms with van der Waals surface area (Å²) in [4.78, 5) is 10.1. The molecule has 17 heavy (non-hydrogen) atoms. The third-order valence-corrected chi connectivity index (χ3v) is 2.99. The van der Waals surface area contributed by atoms with E-state index in [0.717, 1.165) is 31.4 Å². The van der Waals surface area contributed by atoms with Crippen LogP contribution in [0.25, 0.3) is 0 Å². The topological polar surface area (TPSA) is 81.2 Å². The van der Waals surface area contributed by atoms with Gasteiger partial charge in [0.2, 0.25) is 0 Å². The van der Waals surface area contributed by atoms with E-state index in [0.29, 0.717) is 0 Å². The maximum atomic E-state index is 13.5. The van der Waals surface area contributed by atoms with Gasteiger partial charge in [-0.25, -0.2) is 4.39 Å². The summed E-state index contributed by atoms with van der Waals surface area (Å²) in [6, 6.07) is 3.71. The van der Waals surface area contributed by atoms with Crippen molar-refractivity contribution in [3.05, 3.63) is 34.1 Å². The maximum absolute atomic E-state index is 13.5. The van der Waals surface area contributed by atoms with E-state index in [1.807, 2.05) is 0 Å². The molecule has 0 saturated heterocycles. The number of anilines is 1. The molecule has 0 radical (unpaired) electrons. The fourth-order valence-corrected chi connectivity index (χ4v) is 2.10. The first-order valence-electron chi connectivity index (χ1n) is 5.52. The molecule has 0 aliphatic heterocycles. The number of rotatable bonds is 3. The number of hydrogen-bond donors (Lipinski definition) is 2. The van der Waals surface area contributed by atoms with Crippen LogP contribution in [-0.4, -0.2) is 17.0 Å². The van der Waals surface area contributed by atoms with Crippen LogP contribution in [0.2, 0.25) is 0 Å². The summed E-state index contributed by atoms with van der Waals surface area (Å²) in [7, 11) is 0. The first kappa shape index (κ1) is 11.8. The molecule has 0 heterocycles. The summed E-state index contributed by atoms with van der Waals surface area (Å²) in [5.74, 6) is -0.476. The number of nitrogens with zero attached hydrogens (tertiary/aromatic N) is 1. The summed E-state index contributed by atoms with van der Waals surface area (Å²) in [5, 5.41) is 13.6. The minimum Gasteiger partial charge on any atom is -0.380 e. The van der Waals surface area contributed by atoms with Crippen molar-refractivity contribution in [2.45, 2.75) is 31.3 Å². The average Bonchev–Trinajstić information content (AvgIpc) is 2.67. The van der Waals surface area contributed by atoms with Gasteiger partial charge in [-0.15, -0.1) is 0 Å². The highest BCUT2D eigenvalue weighted by atomic mass is 19.1. The predicted octanol–water partition coefficient (Wildman–Crippen LogP) is 2.03. The molecular weight excluding hydrogens is 225 g/mol. The van der Waals surface area contributed by atoms with Gasteiger partial charge in [0, 0.05) is 24.2 Å². The van der Waals surface area contributed by atoms with Crippen LogP contribution in [-0.2, 0) is 0 Å². The molecule has 3 N–H and O–H groups in total. The van der Waals surface area contributed by atoms with E-state index < -0.39 is 10.7 Å². The zero-order valence-corrected chi connectivity index (χ0v) is 9.23. The molecule has 1 aliphatic rings. The van der Waals surface area contributed by atoms with E-state index in [4.69, 9.17) is 5.73 Å². The molecule has 2 rings (SSSR count). The molecule has 1 fully saturated rings. The third kappa shape index (κ3) is 2.71. The Balaban J connectivity index is 2.14. The van der Waals surface area contributed by atoms with Crippen LogP contribution in [0.1, 0.15) is 19.3 Å². The van der Waals surface area contributed by atoms with Gasteiger partial charge in [0.05, 0.1) is 10.6 Å². The van der Waals surface area contributed by atoms with Crippen molar-refractivity contribution in [3.63, 3.8) is 0 Å². The number of nitro groups is 1. The van der Waals surface area contributed by atoms with Gasteiger partial charge in [-0.3, -0.25) is 10.1 Å². The molecule has 5 nitrogen and oxygen atoms in total. The summed E-state index contributed by atoms with van der Waals surface area (Å²) < 4.78 is 13.5. The Morgan fingerprint density at radius 3 is 2.82 bits per heavy atom. The average molecular weight is 239 g/mol. The molecule has 92 valence electrons. The molecule has 1 aromatic rings. The van der Waals surface area contributed by atoms with E-state index in [1.165, 1.54) is 6.07 Å². The fraction of sp³-hybridized carbons (Fsp3) is 0.455. The Morgan fingerprint density at radius 2 is 2.24 bits per heavy atom. The molecule has 0 bridgehead atoms. The van der Waals surface area contributed by atoms with Crippen molar-refractivity contribution in [3.8, 4) is 0 Å². The molecule has 0 amide bonds. The standard InChI is InChI=1S/C11H14FN3O2/c12-10-4-3-9(15(16)17)6-11(10)14-8-2-1-7(13)5-8/h3-4,6-8,14H,1-2,5,13H2. The quantitative estimate of drug-likeness (QED) is 0.624. The van der Waals surface area contributed by atoms with E-state index in [2.05, 4.69) is 5.32 Å². The van der Waals surface area contributed by atoms with Crippen LogP contribution in [0.3, 0.4) is 0 Å². The van der Waals surface area contributed by atoms with Crippen molar-refractivity contribution in [2.75, 3.05) is 5.32 Å². The normalized spacial score (nSPS) is 23.6. The van der Waals surface area contributed by atoms with E-state index >= 15 is 0 Å². The fourth-order valence-electron chi connectivity index (χ4n) is 2.10. The Kier molecular flexibility index (Phi) is 3.23. The zero-order chi connectivity index (χ0) is 12.4. The number of nitrogens with two attached hydrogens (primary N) is 1. The molecule has 1 aliphatic carbocycles. The molecule has 2 unspecified atom stereocenters. The zero-order valence-electron chi connectivity index (χ0n) is 9.23. The Labute approximate surface area is 98.0 Å². The monoisotopic (exact) mass is 239 g/mol. The Bertz CT molecular complexity index is 439. The lowest BCUT2D eigenvalue weighted by molar-refractivity contribution is -0.384. The highest BCUT2D eigenvalue weighted by molar-refractivity contribution is 5.53. The van der Waals surface area contributed by atoms with Gasteiger partial charge in [0.1, 0.15) is 5.82 Å². The SMILES string of the molecule is NC1CCC(Nc2cc([N+](=O)[O-])ccc2F)C1. The minimum absolute atomic E-state index is 0.0986. The minimum atomic E-state index is -0.537. The van der Waals surface area contributed by atoms with Crippen molar-refractivity contribution in [1.29, 1.82) is 0 Å². The summed E-state index contributed by atoms with van der Waals surface area (Å²) in [6.07, 6.45) is 2.53. The predicted molar refractivity (Wildman–Crippen MR) is 62.3 cm³/mol. The molecule has 0 aromatic heterocycles. The lowest BCUT2D eigenvalue weighted by atomic mass is 10.2. The van der Waals surface area contributed by atoms with Crippen molar-refractivity contribution < 1.29 is 9.31 Å². The van der Waals surface area contributed by atoms with Crippen molar-refractivity contribution in [2.24, 2.45) is 5.73 Å². The van der Waals surface area contributed by atoms with Crippen molar-refractivity contribution in [1.82, 2.24) is 0 Å². The van der Waals surface area contributed by atoms with Gasteiger partial charge in [-0.05, 0) is 25.3 Å². The second kappa shape index (κ2) is 4.67. The van der Waals surface area contributed by atoms with Crippen LogP contribution in [0.15, 0.2) is 18.2 Å². The Hall–Kier alpha value is -1.69. The molecule has 1 aromatic carbocycles. The first-order valence-corrected chi connectivity index (χ1v) is 5.52. The van der Waals surface area contributed by atoms with E-state index in [-0.39, 0.29) is 23.5 Å². The largest absolute Gasteiger partial charge is 0.380 e. The van der Waals surface area contributed by atoms with Crippen LogP contribution in [0.5, 0.6) is 0 Å². The van der Waals surface area contributed by atoms with Gasteiger partial charge in [-0.2, -0.15) is 0 Å². The van der Waals surface area contributed by atoms with Gasteiger partial charge in [0.15, 0.2) is 0 Å². The first-order chi connectivity index (χ1) is 8.06. The lowest BCUT2D eigenvalue weighted by Gasteiger charge is -2.14. The van der Waals surface area contributed by atoms with E-state index in [1.54, 1.807) is 0 Å². The number of benzene rings is 1. The van der Waals surface area contributed by atoms with Gasteiger partial charge in [0.25, 0.3) is 5.69 Å². The molecule has 0 spiro atoms. The number of halogens is 1. The lowest BCUT2D eigenvalue weighted by Crippen LogP contribution is -2.21. The van der Waals surface area contributed by atoms with Crippen LogP contribution in [0, 0.1) is 15.9 Å². The maximum Gasteiger partial charge on any atom is 0.271 e. The van der Waals surface area contributed by atoms with Crippen molar-refractivity contribution >= 4 is 11.4 Å². The summed E-state index contributed by atoms with van der Waals surface area (Å²) in [5.41, 5.74) is 5.82. The van der Waals surface area contributed by atoms with Gasteiger partial charge >= 0.3 is 0 Å². The summed E-state index contributed by atoms with van der Waals surface area (Å²) in [6.45, 7) is 0. The number of nitrogens with one attached hydrogen (secondary N) is 1. The molecular formula is C11H14FN3O2. The van der Waals surface area contributed by atoms with Gasteiger partial charge < -0.3 is 11.1 Å². The van der Waals surface area contributed by atoms with Crippen LogP contribution < -0.4 is 11.1 Å². The third-order valence-electron chi connectivity index (χ3n) is 2.99. The number of non-ortho nitro benzene ring substituents is 1. The highest BCUT2D eigenvalue weighted by Crippen LogP contribution is 2.26. The molecule has 2 atom stereocenters. The summed E-state index contributed by atoms with van der Waals surface area (Å²) >= 11 is 0. The second-order valence-electron chi connectivity index (χ2n) is 4.34. The smallest absolute Gasteiger partial charge is 0.271 e. The number of hydrogen-bond acceptors (Lipinski definition) is 4. The Morgan fingerprint density at radius 1 is 1.47 bits per heavy atom. The van der Waals surface area contributed by atoms with Crippen LogP contribution >= 0.6 is 0 Å². The molecule has 1 saturated carbocycles. The molecule has 6 heteroatoms. The van der Waals surface area contributed by atoms with Gasteiger partial charge in [-0.1, -0.05) is 0 Å². The second-order valence-corrected chi connectivity index (χ2v) is 4.34. The van der Waals surface area contributed by atoms with Crippen LogP contribution in [0.4, 0.5) is 15.8 Å². The van der Waals surface area contributed by atoms with E-state index in [9.17, 15) is 14.5 Å². The number of nitro benzene ring substituents is 1. The highest BCUT2D eigenvalue weighted by Gasteiger charge is 2.23.